The Morgan fingerprint density at radius 3 is 2.21 bits per heavy atom. The fourth-order valence-electron chi connectivity index (χ4n) is 3.90. The van der Waals surface area contributed by atoms with Crippen molar-refractivity contribution in [2.75, 3.05) is 20.2 Å². The highest BCUT2D eigenvalue weighted by atomic mass is 16.5. The Morgan fingerprint density at radius 1 is 0.970 bits per heavy atom. The Hall–Kier alpha value is -2.83. The first-order valence-electron chi connectivity index (χ1n) is 11.8. The SMILES string of the molecule is CCc1nn(-c2ccccc2)c(Oc2ccc(OC)cc2)c1CN(CC(C)C)C[C@@H](O)CC. The van der Waals surface area contributed by atoms with Crippen LogP contribution in [0.1, 0.15) is 45.4 Å². The highest BCUT2D eigenvalue weighted by molar-refractivity contribution is 5.44. The highest BCUT2D eigenvalue weighted by Crippen LogP contribution is 2.33. The molecule has 1 aromatic heterocycles. The summed E-state index contributed by atoms with van der Waals surface area (Å²) in [6.07, 6.45) is 1.16. The van der Waals surface area contributed by atoms with Gasteiger partial charge in [-0.05, 0) is 55.2 Å². The number of nitrogens with zero attached hydrogens (tertiary/aromatic N) is 3. The highest BCUT2D eigenvalue weighted by Gasteiger charge is 2.24. The summed E-state index contributed by atoms with van der Waals surface area (Å²) in [5, 5.41) is 15.3. The molecule has 0 aliphatic heterocycles. The third kappa shape index (κ3) is 6.59. The molecule has 0 bridgehead atoms. The zero-order chi connectivity index (χ0) is 23.8. The molecule has 2 aromatic carbocycles. The number of para-hydroxylation sites is 1. The molecule has 1 atom stereocenters. The Bertz CT molecular complexity index is 984. The maximum Gasteiger partial charge on any atom is 0.227 e. The first-order valence-corrected chi connectivity index (χ1v) is 11.8. The minimum atomic E-state index is -0.357. The van der Waals surface area contributed by atoms with Crippen LogP contribution in [0.25, 0.3) is 5.69 Å². The van der Waals surface area contributed by atoms with Gasteiger partial charge in [0.15, 0.2) is 0 Å². The summed E-state index contributed by atoms with van der Waals surface area (Å²) in [6.45, 7) is 10.7. The largest absolute Gasteiger partial charge is 0.497 e. The number of aryl methyl sites for hydroxylation is 1. The van der Waals surface area contributed by atoms with Crippen molar-refractivity contribution in [3.8, 4) is 23.1 Å². The summed E-state index contributed by atoms with van der Waals surface area (Å²) in [6, 6.07) is 17.7. The predicted octanol–water partition coefficient (Wildman–Crippen LogP) is 5.46. The number of aliphatic hydroxyl groups is 1. The van der Waals surface area contributed by atoms with Crippen molar-refractivity contribution in [1.29, 1.82) is 0 Å². The van der Waals surface area contributed by atoms with Crippen LogP contribution in [0, 0.1) is 5.92 Å². The Morgan fingerprint density at radius 2 is 1.64 bits per heavy atom. The van der Waals surface area contributed by atoms with Gasteiger partial charge in [0.05, 0.1) is 30.2 Å². The molecule has 1 N–H and O–H groups in total. The Balaban J connectivity index is 2.05. The molecule has 0 unspecified atom stereocenters. The summed E-state index contributed by atoms with van der Waals surface area (Å²) < 4.78 is 13.7. The minimum absolute atomic E-state index is 0.357. The molecular weight excluding hydrogens is 414 g/mol. The van der Waals surface area contributed by atoms with E-state index in [1.54, 1.807) is 7.11 Å². The van der Waals surface area contributed by atoms with Gasteiger partial charge in [-0.1, -0.05) is 45.9 Å². The fourth-order valence-corrected chi connectivity index (χ4v) is 3.90. The van der Waals surface area contributed by atoms with E-state index in [1.165, 1.54) is 0 Å². The van der Waals surface area contributed by atoms with Crippen molar-refractivity contribution in [2.45, 2.75) is 53.2 Å². The van der Waals surface area contributed by atoms with Crippen LogP contribution in [0.4, 0.5) is 0 Å². The molecule has 0 saturated heterocycles. The average molecular weight is 452 g/mol. The Kier molecular flexibility index (Phi) is 8.92. The van der Waals surface area contributed by atoms with E-state index >= 15 is 0 Å². The van der Waals surface area contributed by atoms with Crippen LogP contribution in [0.2, 0.25) is 0 Å². The molecule has 33 heavy (non-hydrogen) atoms. The molecule has 0 spiro atoms. The molecule has 0 aliphatic carbocycles. The molecule has 6 nitrogen and oxygen atoms in total. The van der Waals surface area contributed by atoms with E-state index in [-0.39, 0.29) is 6.10 Å². The smallest absolute Gasteiger partial charge is 0.227 e. The third-order valence-corrected chi connectivity index (χ3v) is 5.57. The summed E-state index contributed by atoms with van der Waals surface area (Å²) in [4.78, 5) is 2.31. The molecule has 0 amide bonds. The second-order valence-electron chi connectivity index (χ2n) is 8.76. The van der Waals surface area contributed by atoms with Crippen LogP contribution < -0.4 is 9.47 Å². The van der Waals surface area contributed by atoms with Crippen LogP contribution >= 0.6 is 0 Å². The molecule has 6 heteroatoms. The molecule has 1 heterocycles. The summed E-state index contributed by atoms with van der Waals surface area (Å²) >= 11 is 0. The molecule has 0 fully saturated rings. The number of benzene rings is 2. The standard InChI is InChI=1S/C27H37N3O3/c1-6-22(31)18-29(17-20(3)4)19-25-26(7-2)28-30(21-11-9-8-10-12-21)27(25)33-24-15-13-23(32-5)14-16-24/h8-16,20,22,31H,6-7,17-19H2,1-5H3/t22-/m0/s1. The van der Waals surface area contributed by atoms with Crippen molar-refractivity contribution in [3.05, 3.63) is 65.9 Å². The lowest BCUT2D eigenvalue weighted by Gasteiger charge is -2.26. The van der Waals surface area contributed by atoms with Crippen molar-refractivity contribution in [1.82, 2.24) is 14.7 Å². The second kappa shape index (κ2) is 11.9. The fraction of sp³-hybridized carbons (Fsp3) is 0.444. The maximum absolute atomic E-state index is 10.4. The van der Waals surface area contributed by atoms with Gasteiger partial charge in [0, 0.05) is 19.6 Å². The van der Waals surface area contributed by atoms with E-state index in [0.29, 0.717) is 24.9 Å². The van der Waals surface area contributed by atoms with E-state index in [4.69, 9.17) is 14.6 Å². The Labute approximate surface area is 197 Å². The van der Waals surface area contributed by atoms with Crippen LogP contribution in [0.3, 0.4) is 0 Å². The van der Waals surface area contributed by atoms with Crippen molar-refractivity contribution < 1.29 is 14.6 Å². The van der Waals surface area contributed by atoms with E-state index in [9.17, 15) is 5.11 Å². The zero-order valence-electron chi connectivity index (χ0n) is 20.5. The average Bonchev–Trinajstić information content (AvgIpc) is 3.16. The van der Waals surface area contributed by atoms with Crippen molar-refractivity contribution in [2.24, 2.45) is 5.92 Å². The predicted molar refractivity (Wildman–Crippen MR) is 132 cm³/mol. The number of ether oxygens (including phenoxy) is 2. The molecule has 3 aromatic rings. The van der Waals surface area contributed by atoms with Crippen molar-refractivity contribution in [3.63, 3.8) is 0 Å². The summed E-state index contributed by atoms with van der Waals surface area (Å²) in [7, 11) is 1.65. The van der Waals surface area contributed by atoms with Gasteiger partial charge >= 0.3 is 0 Å². The monoisotopic (exact) mass is 451 g/mol. The van der Waals surface area contributed by atoms with Gasteiger partial charge in [-0.3, -0.25) is 4.90 Å². The lowest BCUT2D eigenvalue weighted by molar-refractivity contribution is 0.0980. The van der Waals surface area contributed by atoms with Gasteiger partial charge in [-0.2, -0.15) is 5.10 Å². The van der Waals surface area contributed by atoms with Gasteiger partial charge in [0.2, 0.25) is 5.88 Å². The molecule has 0 radical (unpaired) electrons. The topological polar surface area (TPSA) is 59.8 Å². The van der Waals surface area contributed by atoms with E-state index < -0.39 is 0 Å². The molecule has 0 saturated carbocycles. The summed E-state index contributed by atoms with van der Waals surface area (Å²) in [5.41, 5.74) is 3.01. The lowest BCUT2D eigenvalue weighted by atomic mass is 10.1. The first kappa shape index (κ1) is 24.8. The lowest BCUT2D eigenvalue weighted by Crippen LogP contribution is -2.34. The number of aliphatic hydroxyl groups excluding tert-OH is 1. The maximum atomic E-state index is 10.4. The van der Waals surface area contributed by atoms with E-state index in [1.807, 2.05) is 66.2 Å². The molecule has 3 rings (SSSR count). The van der Waals surface area contributed by atoms with Crippen LogP contribution in [0.5, 0.6) is 17.4 Å². The third-order valence-electron chi connectivity index (χ3n) is 5.57. The normalized spacial score (nSPS) is 12.4. The van der Waals surface area contributed by atoms with Crippen LogP contribution in [0.15, 0.2) is 54.6 Å². The van der Waals surface area contributed by atoms with E-state index in [2.05, 4.69) is 25.7 Å². The van der Waals surface area contributed by atoms with Gasteiger partial charge in [-0.25, -0.2) is 4.68 Å². The van der Waals surface area contributed by atoms with Crippen molar-refractivity contribution >= 4 is 0 Å². The number of aromatic nitrogens is 2. The minimum Gasteiger partial charge on any atom is -0.497 e. The number of hydrogen-bond acceptors (Lipinski definition) is 5. The number of hydrogen-bond donors (Lipinski definition) is 1. The number of rotatable bonds is 12. The van der Waals surface area contributed by atoms with Crippen LogP contribution in [-0.4, -0.2) is 46.1 Å². The molecular formula is C27H37N3O3. The van der Waals surface area contributed by atoms with Gasteiger partial charge in [0.1, 0.15) is 11.5 Å². The zero-order valence-corrected chi connectivity index (χ0v) is 20.5. The number of methoxy groups -OCH3 is 1. The van der Waals surface area contributed by atoms with Crippen LogP contribution in [-0.2, 0) is 13.0 Å². The van der Waals surface area contributed by atoms with Gasteiger partial charge in [-0.15, -0.1) is 0 Å². The quantitative estimate of drug-likeness (QED) is 0.396. The molecule has 178 valence electrons. The first-order chi connectivity index (χ1) is 15.9. The summed E-state index contributed by atoms with van der Waals surface area (Å²) in [5.74, 6) is 2.70. The molecule has 0 aliphatic rings. The van der Waals surface area contributed by atoms with E-state index in [0.717, 1.165) is 47.8 Å². The van der Waals surface area contributed by atoms with Gasteiger partial charge in [0.25, 0.3) is 0 Å². The second-order valence-corrected chi connectivity index (χ2v) is 8.76. The van der Waals surface area contributed by atoms with Gasteiger partial charge < -0.3 is 14.6 Å².